The zero-order valence-electron chi connectivity index (χ0n) is 9.16. The fraction of sp³-hybridized carbons (Fsp3) is 0.214. The number of carbonyl (C=O) groups excluding carboxylic acids is 1. The molecule has 2 aliphatic rings. The summed E-state index contributed by atoms with van der Waals surface area (Å²) in [7, 11) is 5.93. The van der Waals surface area contributed by atoms with E-state index in [2.05, 4.69) is 6.92 Å². The van der Waals surface area contributed by atoms with E-state index in [-0.39, 0.29) is 5.78 Å². The van der Waals surface area contributed by atoms with Crippen LogP contribution < -0.4 is 0 Å². The highest BCUT2D eigenvalue weighted by Crippen LogP contribution is 2.43. The molecule has 0 aliphatic heterocycles. The Balaban J connectivity index is 2.30. The molecule has 0 N–H and O–H groups in total. The summed E-state index contributed by atoms with van der Waals surface area (Å²) in [6.07, 6.45) is 2.89. The normalized spacial score (nSPS) is 22.9. The third-order valence-corrected chi connectivity index (χ3v) is 3.43. The van der Waals surface area contributed by atoms with Crippen molar-refractivity contribution in [2.24, 2.45) is 5.92 Å². The zero-order chi connectivity index (χ0) is 11.3. The van der Waals surface area contributed by atoms with Gasteiger partial charge in [0.15, 0.2) is 5.78 Å². The summed E-state index contributed by atoms with van der Waals surface area (Å²) in [4.78, 5) is 12.2. The van der Waals surface area contributed by atoms with Gasteiger partial charge in [0.05, 0.1) is 0 Å². The lowest BCUT2D eigenvalue weighted by molar-refractivity contribution is 0.104. The molecule has 0 amide bonds. The van der Waals surface area contributed by atoms with E-state index in [9.17, 15) is 4.79 Å². The Labute approximate surface area is 96.3 Å². The molecule has 0 aromatic heterocycles. The first-order valence-electron chi connectivity index (χ1n) is 5.54. The summed E-state index contributed by atoms with van der Waals surface area (Å²) in [5.41, 5.74) is 4.40. The number of Topliss-reactive ketones (excluding diaryl/α,β-unsaturated/α-hetero) is 1. The maximum absolute atomic E-state index is 12.2. The molecule has 0 heterocycles. The molecule has 3 rings (SSSR count). The lowest BCUT2D eigenvalue weighted by Gasteiger charge is -2.20. The third kappa shape index (κ3) is 1.10. The molecule has 1 aromatic carbocycles. The van der Waals surface area contributed by atoms with Gasteiger partial charge < -0.3 is 0 Å². The fourth-order valence-corrected chi connectivity index (χ4v) is 2.63. The van der Waals surface area contributed by atoms with Crippen LogP contribution in [0.2, 0.25) is 0 Å². The van der Waals surface area contributed by atoms with Crippen LogP contribution in [-0.4, -0.2) is 13.6 Å². The number of hydrogen-bond donors (Lipinski definition) is 0. The first kappa shape index (κ1) is 9.65. The van der Waals surface area contributed by atoms with E-state index in [4.69, 9.17) is 7.85 Å². The minimum Gasteiger partial charge on any atom is -0.289 e. The van der Waals surface area contributed by atoms with Crippen molar-refractivity contribution >= 4 is 19.2 Å². The number of allylic oxidation sites excluding steroid dienone is 4. The molecule has 0 saturated carbocycles. The molecule has 0 spiro atoms. The predicted molar refractivity (Wildman–Crippen MR) is 65.3 cm³/mol. The Bertz CT molecular complexity index is 552. The van der Waals surface area contributed by atoms with E-state index >= 15 is 0 Å². The van der Waals surface area contributed by atoms with Gasteiger partial charge in [-0.3, -0.25) is 4.79 Å². The van der Waals surface area contributed by atoms with Gasteiger partial charge in [-0.1, -0.05) is 42.7 Å². The van der Waals surface area contributed by atoms with Crippen LogP contribution in [0.4, 0.5) is 0 Å². The lowest BCUT2D eigenvalue weighted by atomic mass is 9.76. The van der Waals surface area contributed by atoms with E-state index in [1.807, 2.05) is 30.3 Å². The van der Waals surface area contributed by atoms with Gasteiger partial charge >= 0.3 is 0 Å². The van der Waals surface area contributed by atoms with Crippen molar-refractivity contribution in [1.29, 1.82) is 0 Å². The number of fused-ring (bicyclic) bond motifs is 2. The maximum Gasteiger partial charge on any atom is 0.193 e. The van der Waals surface area contributed by atoms with Crippen LogP contribution in [0.15, 0.2) is 41.4 Å². The highest BCUT2D eigenvalue weighted by molar-refractivity contribution is 6.36. The van der Waals surface area contributed by atoms with E-state index in [1.54, 1.807) is 0 Å². The average molecular weight is 206 g/mol. The topological polar surface area (TPSA) is 17.1 Å². The molecule has 2 aliphatic carbocycles. The molecule has 1 aromatic rings. The summed E-state index contributed by atoms with van der Waals surface area (Å²) in [6.45, 7) is 2.15. The van der Waals surface area contributed by atoms with Gasteiger partial charge in [0.25, 0.3) is 0 Å². The van der Waals surface area contributed by atoms with Crippen molar-refractivity contribution in [3.05, 3.63) is 52.5 Å². The standard InChI is InChI=1S/C14H11BO/c1-8-6-7-11(15)13-12(8)9-4-2-3-5-10(9)14(13)16/h2-5,7-8H,6H2,1H3. The van der Waals surface area contributed by atoms with E-state index in [1.165, 1.54) is 0 Å². The highest BCUT2D eigenvalue weighted by Gasteiger charge is 2.33. The molecular formula is C14H11BO. The Kier molecular flexibility index (Phi) is 1.94. The Morgan fingerprint density at radius 1 is 1.25 bits per heavy atom. The molecular weight excluding hydrogens is 195 g/mol. The van der Waals surface area contributed by atoms with Gasteiger partial charge in [-0.25, -0.2) is 0 Å². The highest BCUT2D eigenvalue weighted by atomic mass is 16.1. The van der Waals surface area contributed by atoms with Crippen molar-refractivity contribution in [2.75, 3.05) is 0 Å². The van der Waals surface area contributed by atoms with E-state index in [0.29, 0.717) is 11.4 Å². The van der Waals surface area contributed by atoms with Gasteiger partial charge in [0, 0.05) is 11.1 Å². The summed E-state index contributed by atoms with van der Waals surface area (Å²) in [5, 5.41) is 0. The number of rotatable bonds is 0. The van der Waals surface area contributed by atoms with Gasteiger partial charge in [0.1, 0.15) is 7.85 Å². The van der Waals surface area contributed by atoms with Gasteiger partial charge in [-0.2, -0.15) is 0 Å². The molecule has 1 nitrogen and oxygen atoms in total. The molecule has 0 saturated heterocycles. The van der Waals surface area contributed by atoms with E-state index < -0.39 is 0 Å². The van der Waals surface area contributed by atoms with Gasteiger partial charge in [-0.05, 0) is 23.5 Å². The minimum atomic E-state index is 0.0888. The van der Waals surface area contributed by atoms with Crippen molar-refractivity contribution in [3.8, 4) is 0 Å². The average Bonchev–Trinajstić information content (AvgIpc) is 2.60. The van der Waals surface area contributed by atoms with Crippen molar-refractivity contribution in [3.63, 3.8) is 0 Å². The minimum absolute atomic E-state index is 0.0888. The summed E-state index contributed by atoms with van der Waals surface area (Å²) in [6, 6.07) is 7.78. The molecule has 0 fully saturated rings. The second kappa shape index (κ2) is 3.21. The first-order chi connectivity index (χ1) is 7.70. The molecule has 2 radical (unpaired) electrons. The SMILES string of the molecule is [B]C1=CCC(C)C2=C1C(=O)c1ccccc12. The summed E-state index contributed by atoms with van der Waals surface area (Å²) in [5.74, 6) is 0.473. The largest absolute Gasteiger partial charge is 0.289 e. The van der Waals surface area contributed by atoms with Crippen LogP contribution >= 0.6 is 0 Å². The van der Waals surface area contributed by atoms with Crippen molar-refractivity contribution < 1.29 is 4.79 Å². The molecule has 76 valence electrons. The van der Waals surface area contributed by atoms with Crippen LogP contribution in [0.3, 0.4) is 0 Å². The van der Waals surface area contributed by atoms with Crippen molar-refractivity contribution in [2.45, 2.75) is 13.3 Å². The molecule has 0 bridgehead atoms. The zero-order valence-corrected chi connectivity index (χ0v) is 9.16. The molecule has 1 atom stereocenters. The number of hydrogen-bond acceptors (Lipinski definition) is 1. The van der Waals surface area contributed by atoms with E-state index in [0.717, 1.165) is 28.7 Å². The lowest BCUT2D eigenvalue weighted by Crippen LogP contribution is -2.08. The summed E-state index contributed by atoms with van der Waals surface area (Å²) < 4.78 is 0. The molecule has 1 unspecified atom stereocenters. The third-order valence-electron chi connectivity index (χ3n) is 3.43. The van der Waals surface area contributed by atoms with Gasteiger partial charge in [0.2, 0.25) is 0 Å². The second-order valence-electron chi connectivity index (χ2n) is 4.46. The number of benzene rings is 1. The number of ketones is 1. The molecule has 16 heavy (non-hydrogen) atoms. The molecule has 2 heteroatoms. The first-order valence-corrected chi connectivity index (χ1v) is 5.54. The van der Waals surface area contributed by atoms with Crippen LogP contribution in [0.5, 0.6) is 0 Å². The van der Waals surface area contributed by atoms with Crippen molar-refractivity contribution in [1.82, 2.24) is 0 Å². The second-order valence-corrected chi connectivity index (χ2v) is 4.46. The van der Waals surface area contributed by atoms with Crippen LogP contribution in [0.1, 0.15) is 29.3 Å². The van der Waals surface area contributed by atoms with Gasteiger partial charge in [-0.15, -0.1) is 0 Å². The summed E-state index contributed by atoms with van der Waals surface area (Å²) >= 11 is 0. The number of carbonyl (C=O) groups is 1. The monoisotopic (exact) mass is 206 g/mol. The van der Waals surface area contributed by atoms with Crippen LogP contribution in [0.25, 0.3) is 5.57 Å². The Morgan fingerprint density at radius 2 is 1.94 bits per heavy atom. The fourth-order valence-electron chi connectivity index (χ4n) is 2.63. The Hall–Kier alpha value is -1.57. The maximum atomic E-state index is 12.2. The van der Waals surface area contributed by atoms with Crippen LogP contribution in [-0.2, 0) is 0 Å². The predicted octanol–water partition coefficient (Wildman–Crippen LogP) is 2.73. The smallest absolute Gasteiger partial charge is 0.193 e. The van der Waals surface area contributed by atoms with Crippen LogP contribution in [0, 0.1) is 5.92 Å². The quantitative estimate of drug-likeness (QED) is 0.596. The Morgan fingerprint density at radius 3 is 2.69 bits per heavy atom.